The molecule has 1 aromatic heterocycles. The molecule has 0 aliphatic heterocycles. The van der Waals surface area contributed by atoms with Crippen molar-refractivity contribution in [3.63, 3.8) is 0 Å². The van der Waals surface area contributed by atoms with E-state index in [0.717, 1.165) is 10.9 Å². The fraction of sp³-hybridized carbons (Fsp3) is 0. The highest BCUT2D eigenvalue weighted by atomic mass is 35.5. The number of nitrogens with two attached hydrogens (primary N) is 1. The third kappa shape index (κ3) is 2.31. The second-order valence-electron chi connectivity index (χ2n) is 4.37. The van der Waals surface area contributed by atoms with E-state index in [1.807, 2.05) is 12.1 Å². The van der Waals surface area contributed by atoms with Crippen LogP contribution in [0.1, 0.15) is 10.4 Å². The van der Waals surface area contributed by atoms with Crippen molar-refractivity contribution in [1.82, 2.24) is 10.2 Å². The molecule has 0 fully saturated rings. The Kier molecular flexibility index (Phi) is 3.04. The van der Waals surface area contributed by atoms with Gasteiger partial charge in [0.25, 0.3) is 5.91 Å². The van der Waals surface area contributed by atoms with Crippen LogP contribution in [0.3, 0.4) is 0 Å². The lowest BCUT2D eigenvalue weighted by Crippen LogP contribution is -2.12. The number of aromatic nitrogens is 2. The maximum Gasteiger partial charge on any atom is 0.255 e. The number of nitrogen functional groups attached to an aromatic ring is 1. The molecule has 1 amide bonds. The summed E-state index contributed by atoms with van der Waals surface area (Å²) < 4.78 is 0. The highest BCUT2D eigenvalue weighted by Gasteiger charge is 2.10. The molecule has 100 valence electrons. The predicted molar refractivity (Wildman–Crippen MR) is 79.9 cm³/mol. The number of H-pyrrole nitrogens is 1. The van der Waals surface area contributed by atoms with Gasteiger partial charge in [0.2, 0.25) is 0 Å². The number of fused-ring (bicyclic) bond motifs is 1. The van der Waals surface area contributed by atoms with Crippen LogP contribution in [0.4, 0.5) is 11.4 Å². The Labute approximate surface area is 119 Å². The quantitative estimate of drug-likeness (QED) is 0.633. The average Bonchev–Trinajstić information content (AvgIpc) is 2.87. The molecule has 4 N–H and O–H groups in total. The minimum absolute atomic E-state index is 0.277. The molecule has 20 heavy (non-hydrogen) atoms. The number of carbonyl (C=O) groups excluding carboxylic acids is 1. The molecule has 0 aliphatic carbocycles. The largest absolute Gasteiger partial charge is 0.399 e. The van der Waals surface area contributed by atoms with E-state index in [9.17, 15) is 4.79 Å². The maximum absolute atomic E-state index is 12.2. The number of nitrogens with zero attached hydrogens (tertiary/aromatic N) is 1. The van der Waals surface area contributed by atoms with Crippen molar-refractivity contribution in [2.24, 2.45) is 0 Å². The number of carbonyl (C=O) groups is 1. The van der Waals surface area contributed by atoms with Gasteiger partial charge in [-0.05, 0) is 24.3 Å². The molecule has 0 spiro atoms. The summed E-state index contributed by atoms with van der Waals surface area (Å²) in [5.74, 6) is -0.277. The summed E-state index contributed by atoms with van der Waals surface area (Å²) in [5.41, 5.74) is 7.97. The zero-order valence-corrected chi connectivity index (χ0v) is 11.1. The summed E-state index contributed by atoms with van der Waals surface area (Å²) in [7, 11) is 0. The Hall–Kier alpha value is -2.53. The summed E-state index contributed by atoms with van der Waals surface area (Å²) in [6.07, 6.45) is 1.70. The fourth-order valence-corrected chi connectivity index (χ4v) is 2.25. The first-order valence-electron chi connectivity index (χ1n) is 5.93. The van der Waals surface area contributed by atoms with Crippen LogP contribution in [0.25, 0.3) is 10.9 Å². The van der Waals surface area contributed by atoms with Gasteiger partial charge in [-0.25, -0.2) is 0 Å². The van der Waals surface area contributed by atoms with Gasteiger partial charge in [-0.1, -0.05) is 23.7 Å². The molecule has 0 radical (unpaired) electrons. The molecule has 0 saturated carbocycles. The molecule has 5 nitrogen and oxygen atoms in total. The number of hydrogen-bond acceptors (Lipinski definition) is 3. The van der Waals surface area contributed by atoms with Crippen molar-refractivity contribution in [2.75, 3.05) is 11.1 Å². The number of nitrogens with one attached hydrogen (secondary N) is 2. The van der Waals surface area contributed by atoms with Crippen molar-refractivity contribution < 1.29 is 4.79 Å². The summed E-state index contributed by atoms with van der Waals surface area (Å²) in [5, 5.41) is 11.0. The molecule has 2 aromatic carbocycles. The van der Waals surface area contributed by atoms with E-state index in [-0.39, 0.29) is 5.91 Å². The van der Waals surface area contributed by atoms with Gasteiger partial charge in [-0.2, -0.15) is 5.10 Å². The van der Waals surface area contributed by atoms with Gasteiger partial charge in [0.05, 0.1) is 17.4 Å². The second-order valence-corrected chi connectivity index (χ2v) is 4.80. The van der Waals surface area contributed by atoms with E-state index >= 15 is 0 Å². The lowest BCUT2D eigenvalue weighted by atomic mass is 10.1. The molecule has 0 atom stereocenters. The first-order valence-corrected chi connectivity index (χ1v) is 6.31. The Morgan fingerprint density at radius 3 is 2.95 bits per heavy atom. The van der Waals surface area contributed by atoms with Crippen molar-refractivity contribution in [3.8, 4) is 0 Å². The van der Waals surface area contributed by atoms with Gasteiger partial charge in [0, 0.05) is 21.7 Å². The van der Waals surface area contributed by atoms with Gasteiger partial charge < -0.3 is 11.1 Å². The van der Waals surface area contributed by atoms with E-state index < -0.39 is 0 Å². The van der Waals surface area contributed by atoms with Gasteiger partial charge in [0.15, 0.2) is 0 Å². The highest BCUT2D eigenvalue weighted by molar-refractivity contribution is 6.31. The number of rotatable bonds is 2. The van der Waals surface area contributed by atoms with Crippen LogP contribution in [0.2, 0.25) is 5.02 Å². The monoisotopic (exact) mass is 286 g/mol. The predicted octanol–water partition coefficient (Wildman–Crippen LogP) is 3.05. The molecular formula is C14H11ClN4O. The summed E-state index contributed by atoms with van der Waals surface area (Å²) in [6, 6.07) is 10.3. The first-order chi connectivity index (χ1) is 9.63. The minimum atomic E-state index is -0.277. The third-order valence-corrected chi connectivity index (χ3v) is 3.13. The van der Waals surface area contributed by atoms with Crippen molar-refractivity contribution >= 4 is 39.8 Å². The summed E-state index contributed by atoms with van der Waals surface area (Å²) in [6.45, 7) is 0. The minimum Gasteiger partial charge on any atom is -0.399 e. The van der Waals surface area contributed by atoms with Crippen LogP contribution in [-0.2, 0) is 0 Å². The van der Waals surface area contributed by atoms with Crippen molar-refractivity contribution in [2.45, 2.75) is 0 Å². The number of halogens is 1. The topological polar surface area (TPSA) is 83.8 Å². The normalized spacial score (nSPS) is 10.7. The Bertz CT molecular complexity index is 776. The zero-order chi connectivity index (χ0) is 14.1. The van der Waals surface area contributed by atoms with Crippen LogP contribution in [0.5, 0.6) is 0 Å². The Morgan fingerprint density at radius 1 is 1.30 bits per heavy atom. The smallest absolute Gasteiger partial charge is 0.255 e. The second kappa shape index (κ2) is 4.86. The molecule has 0 aliphatic rings. The standard InChI is InChI=1S/C14H11ClN4O/c15-10-4-9(5-11(16)6-10)14(20)18-12-3-1-2-8-7-17-19-13(8)12/h1-7H,16H2,(H,17,19)(H,18,20). The van der Waals surface area contributed by atoms with E-state index in [0.29, 0.717) is 22.0 Å². The van der Waals surface area contributed by atoms with E-state index in [1.165, 1.54) is 0 Å². The number of aromatic amines is 1. The molecular weight excluding hydrogens is 276 g/mol. The molecule has 0 unspecified atom stereocenters. The van der Waals surface area contributed by atoms with Gasteiger partial charge >= 0.3 is 0 Å². The third-order valence-electron chi connectivity index (χ3n) is 2.91. The van der Waals surface area contributed by atoms with E-state index in [4.69, 9.17) is 17.3 Å². The summed E-state index contributed by atoms with van der Waals surface area (Å²) in [4.78, 5) is 12.2. The van der Waals surface area contributed by atoms with E-state index in [2.05, 4.69) is 15.5 Å². The maximum atomic E-state index is 12.2. The van der Waals surface area contributed by atoms with Gasteiger partial charge in [0.1, 0.15) is 0 Å². The Balaban J connectivity index is 1.94. The molecule has 6 heteroatoms. The average molecular weight is 287 g/mol. The first kappa shape index (κ1) is 12.5. The lowest BCUT2D eigenvalue weighted by Gasteiger charge is -2.07. The number of para-hydroxylation sites is 1. The van der Waals surface area contributed by atoms with Crippen LogP contribution in [0.15, 0.2) is 42.6 Å². The molecule has 0 saturated heterocycles. The van der Waals surface area contributed by atoms with Gasteiger partial charge in [-0.3, -0.25) is 9.89 Å². The number of benzene rings is 2. The van der Waals surface area contributed by atoms with Crippen LogP contribution < -0.4 is 11.1 Å². The molecule has 1 heterocycles. The Morgan fingerprint density at radius 2 is 2.15 bits per heavy atom. The highest BCUT2D eigenvalue weighted by Crippen LogP contribution is 2.22. The fourth-order valence-electron chi connectivity index (χ4n) is 2.01. The number of amides is 1. The van der Waals surface area contributed by atoms with Crippen molar-refractivity contribution in [3.05, 3.63) is 53.2 Å². The molecule has 3 rings (SSSR count). The zero-order valence-electron chi connectivity index (χ0n) is 10.4. The van der Waals surface area contributed by atoms with Crippen molar-refractivity contribution in [1.29, 1.82) is 0 Å². The lowest BCUT2D eigenvalue weighted by molar-refractivity contribution is 0.102. The van der Waals surface area contributed by atoms with Crippen LogP contribution in [0, 0.1) is 0 Å². The number of hydrogen-bond donors (Lipinski definition) is 3. The van der Waals surface area contributed by atoms with Crippen LogP contribution in [-0.4, -0.2) is 16.1 Å². The molecule has 0 bridgehead atoms. The summed E-state index contributed by atoms with van der Waals surface area (Å²) >= 11 is 5.90. The number of anilines is 2. The molecule has 3 aromatic rings. The van der Waals surface area contributed by atoms with Gasteiger partial charge in [-0.15, -0.1) is 0 Å². The van der Waals surface area contributed by atoms with E-state index in [1.54, 1.807) is 30.5 Å². The van der Waals surface area contributed by atoms with Crippen LogP contribution >= 0.6 is 11.6 Å². The SMILES string of the molecule is Nc1cc(Cl)cc(C(=O)Nc2cccc3cn[nH]c23)c1.